The summed E-state index contributed by atoms with van der Waals surface area (Å²) in [4.78, 5) is 0. The zero-order chi connectivity index (χ0) is 12.8. The molecule has 1 aliphatic rings. The van der Waals surface area contributed by atoms with E-state index in [2.05, 4.69) is 32.0 Å². The Hall–Kier alpha value is -1.06. The van der Waals surface area contributed by atoms with Crippen molar-refractivity contribution in [1.29, 1.82) is 0 Å². The van der Waals surface area contributed by atoms with Gasteiger partial charge in [0.1, 0.15) is 12.4 Å². The van der Waals surface area contributed by atoms with Crippen LogP contribution in [-0.4, -0.2) is 26.1 Å². The Morgan fingerprint density at radius 2 is 2.11 bits per heavy atom. The van der Waals surface area contributed by atoms with Crippen molar-refractivity contribution in [3.8, 4) is 5.75 Å². The van der Waals surface area contributed by atoms with Crippen molar-refractivity contribution >= 4 is 0 Å². The minimum Gasteiger partial charge on any atom is -0.491 e. The number of hydrogen-bond acceptors (Lipinski definition) is 3. The lowest BCUT2D eigenvalue weighted by atomic mass is 10.1. The monoisotopic (exact) mass is 250 g/mol. The predicted molar refractivity (Wildman–Crippen MR) is 71.0 cm³/mol. The maximum absolute atomic E-state index is 5.73. The molecule has 2 rings (SSSR count). The van der Waals surface area contributed by atoms with Gasteiger partial charge in [0, 0.05) is 6.61 Å². The van der Waals surface area contributed by atoms with Crippen LogP contribution < -0.4 is 4.74 Å². The van der Waals surface area contributed by atoms with Gasteiger partial charge < -0.3 is 14.2 Å². The van der Waals surface area contributed by atoms with Gasteiger partial charge >= 0.3 is 0 Å². The van der Waals surface area contributed by atoms with Gasteiger partial charge in [-0.25, -0.2) is 0 Å². The second-order valence-corrected chi connectivity index (χ2v) is 4.78. The van der Waals surface area contributed by atoms with Crippen molar-refractivity contribution < 1.29 is 14.2 Å². The van der Waals surface area contributed by atoms with Gasteiger partial charge in [-0.1, -0.05) is 12.1 Å². The van der Waals surface area contributed by atoms with Crippen LogP contribution in [0, 0.1) is 13.8 Å². The summed E-state index contributed by atoms with van der Waals surface area (Å²) in [6, 6.07) is 6.23. The Labute approximate surface area is 109 Å². The summed E-state index contributed by atoms with van der Waals surface area (Å²) in [7, 11) is 0. The molecule has 0 aliphatic carbocycles. The Bertz CT molecular complexity index is 370. The van der Waals surface area contributed by atoms with E-state index < -0.39 is 0 Å². The topological polar surface area (TPSA) is 27.7 Å². The third kappa shape index (κ3) is 4.00. The van der Waals surface area contributed by atoms with Crippen molar-refractivity contribution in [2.75, 3.05) is 19.8 Å². The van der Waals surface area contributed by atoms with Gasteiger partial charge in [-0.05, 0) is 50.3 Å². The molecular formula is C15H22O3. The van der Waals surface area contributed by atoms with E-state index in [1.54, 1.807) is 0 Å². The highest BCUT2D eigenvalue weighted by Gasteiger charge is 2.13. The number of ether oxygens (including phenoxy) is 3. The molecular weight excluding hydrogens is 228 g/mol. The van der Waals surface area contributed by atoms with Crippen molar-refractivity contribution in [3.05, 3.63) is 29.3 Å². The van der Waals surface area contributed by atoms with Gasteiger partial charge in [0.05, 0.1) is 6.61 Å². The van der Waals surface area contributed by atoms with Gasteiger partial charge in [0.15, 0.2) is 6.29 Å². The van der Waals surface area contributed by atoms with Crippen LogP contribution >= 0.6 is 0 Å². The minimum absolute atomic E-state index is 0.0269. The van der Waals surface area contributed by atoms with Crippen LogP contribution in [0.3, 0.4) is 0 Å². The quantitative estimate of drug-likeness (QED) is 0.751. The first kappa shape index (κ1) is 13.4. The number of aryl methyl sites for hydroxylation is 2. The highest BCUT2D eigenvalue weighted by atomic mass is 16.7. The van der Waals surface area contributed by atoms with E-state index >= 15 is 0 Å². The molecule has 0 N–H and O–H groups in total. The van der Waals surface area contributed by atoms with Crippen LogP contribution in [-0.2, 0) is 9.47 Å². The molecule has 1 fully saturated rings. The number of benzene rings is 1. The van der Waals surface area contributed by atoms with Gasteiger partial charge in [0.25, 0.3) is 0 Å². The second kappa shape index (κ2) is 6.76. The Morgan fingerprint density at radius 3 is 2.89 bits per heavy atom. The van der Waals surface area contributed by atoms with E-state index in [-0.39, 0.29) is 6.29 Å². The summed E-state index contributed by atoms with van der Waals surface area (Å²) in [5.41, 5.74) is 2.38. The van der Waals surface area contributed by atoms with Crippen LogP contribution in [0.15, 0.2) is 18.2 Å². The summed E-state index contributed by atoms with van der Waals surface area (Å²) in [5.74, 6) is 0.947. The molecule has 3 heteroatoms. The molecule has 0 amide bonds. The maximum atomic E-state index is 5.73. The first-order valence-corrected chi connectivity index (χ1v) is 6.69. The number of rotatable bonds is 5. The lowest BCUT2D eigenvalue weighted by Gasteiger charge is -2.22. The molecule has 3 nitrogen and oxygen atoms in total. The highest BCUT2D eigenvalue weighted by molar-refractivity contribution is 5.35. The SMILES string of the molecule is Cc1ccc(C)c(OCCO[C@H]2CCCCO2)c1. The molecule has 0 aromatic heterocycles. The summed E-state index contributed by atoms with van der Waals surface area (Å²) in [6.07, 6.45) is 3.33. The largest absolute Gasteiger partial charge is 0.491 e. The normalized spacial score (nSPS) is 19.8. The molecule has 1 aromatic carbocycles. The van der Waals surface area contributed by atoms with Crippen molar-refractivity contribution in [1.82, 2.24) is 0 Å². The highest BCUT2D eigenvalue weighted by Crippen LogP contribution is 2.19. The van der Waals surface area contributed by atoms with Gasteiger partial charge in [-0.15, -0.1) is 0 Å². The van der Waals surface area contributed by atoms with Crippen LogP contribution in [0.4, 0.5) is 0 Å². The van der Waals surface area contributed by atoms with E-state index in [9.17, 15) is 0 Å². The molecule has 0 saturated carbocycles. The van der Waals surface area contributed by atoms with E-state index in [4.69, 9.17) is 14.2 Å². The second-order valence-electron chi connectivity index (χ2n) is 4.78. The Kier molecular flexibility index (Phi) is 5.02. The molecule has 0 bridgehead atoms. The fourth-order valence-corrected chi connectivity index (χ4v) is 2.04. The molecule has 1 atom stereocenters. The molecule has 0 spiro atoms. The smallest absolute Gasteiger partial charge is 0.157 e. The predicted octanol–water partition coefficient (Wildman–Crippen LogP) is 3.23. The molecule has 100 valence electrons. The lowest BCUT2D eigenvalue weighted by molar-refractivity contribution is -0.165. The number of hydrogen-bond donors (Lipinski definition) is 0. The third-order valence-corrected chi connectivity index (χ3v) is 3.13. The lowest BCUT2D eigenvalue weighted by Crippen LogP contribution is -2.24. The average molecular weight is 250 g/mol. The van der Waals surface area contributed by atoms with E-state index in [0.717, 1.165) is 30.8 Å². The Balaban J connectivity index is 1.69. The van der Waals surface area contributed by atoms with Crippen LogP contribution in [0.1, 0.15) is 30.4 Å². The molecule has 18 heavy (non-hydrogen) atoms. The van der Waals surface area contributed by atoms with Gasteiger partial charge in [-0.2, -0.15) is 0 Å². The fourth-order valence-electron chi connectivity index (χ4n) is 2.04. The van der Waals surface area contributed by atoms with Crippen LogP contribution in [0.25, 0.3) is 0 Å². The molecule has 1 saturated heterocycles. The molecule has 1 aromatic rings. The summed E-state index contributed by atoms with van der Waals surface area (Å²) in [6.45, 7) is 6.10. The maximum Gasteiger partial charge on any atom is 0.157 e. The molecule has 0 radical (unpaired) electrons. The average Bonchev–Trinajstić information content (AvgIpc) is 2.40. The van der Waals surface area contributed by atoms with E-state index in [1.807, 2.05) is 0 Å². The first-order valence-electron chi connectivity index (χ1n) is 6.69. The van der Waals surface area contributed by atoms with Crippen molar-refractivity contribution in [3.63, 3.8) is 0 Å². The first-order chi connectivity index (χ1) is 8.75. The summed E-state index contributed by atoms with van der Waals surface area (Å²) in [5, 5.41) is 0. The summed E-state index contributed by atoms with van der Waals surface area (Å²) < 4.78 is 16.9. The van der Waals surface area contributed by atoms with Gasteiger partial charge in [0.2, 0.25) is 0 Å². The van der Waals surface area contributed by atoms with Crippen LogP contribution in [0.5, 0.6) is 5.75 Å². The fraction of sp³-hybridized carbons (Fsp3) is 0.600. The van der Waals surface area contributed by atoms with E-state index in [1.165, 1.54) is 12.0 Å². The van der Waals surface area contributed by atoms with Crippen molar-refractivity contribution in [2.45, 2.75) is 39.4 Å². The molecule has 1 heterocycles. The van der Waals surface area contributed by atoms with Crippen molar-refractivity contribution in [2.24, 2.45) is 0 Å². The third-order valence-electron chi connectivity index (χ3n) is 3.13. The zero-order valence-electron chi connectivity index (χ0n) is 11.3. The minimum atomic E-state index is -0.0269. The van der Waals surface area contributed by atoms with E-state index in [0.29, 0.717) is 13.2 Å². The molecule has 0 unspecified atom stereocenters. The van der Waals surface area contributed by atoms with Crippen LogP contribution in [0.2, 0.25) is 0 Å². The summed E-state index contributed by atoms with van der Waals surface area (Å²) >= 11 is 0. The zero-order valence-corrected chi connectivity index (χ0v) is 11.3. The Morgan fingerprint density at radius 1 is 1.22 bits per heavy atom. The standard InChI is InChI=1S/C15H22O3/c1-12-6-7-13(2)14(11-12)16-9-10-18-15-5-3-4-8-17-15/h6-7,11,15H,3-5,8-10H2,1-2H3/t15-/m0/s1. The van der Waals surface area contributed by atoms with Gasteiger partial charge in [-0.3, -0.25) is 0 Å². The molecule has 1 aliphatic heterocycles.